The lowest BCUT2D eigenvalue weighted by molar-refractivity contribution is -0.127. The van der Waals surface area contributed by atoms with E-state index in [9.17, 15) is 4.79 Å². The molecule has 0 bridgehead atoms. The van der Waals surface area contributed by atoms with Gasteiger partial charge in [0.1, 0.15) is 0 Å². The highest BCUT2D eigenvalue weighted by molar-refractivity contribution is 5.81. The Hall–Kier alpha value is -0.650. The van der Waals surface area contributed by atoms with Crippen LogP contribution in [0.1, 0.15) is 20.8 Å². The van der Waals surface area contributed by atoms with Crippen molar-refractivity contribution in [3.05, 3.63) is 0 Å². The van der Waals surface area contributed by atoms with Crippen molar-refractivity contribution in [3.8, 4) is 0 Å². The molecule has 1 atom stereocenters. The first-order valence-electron chi connectivity index (χ1n) is 6.24. The molecule has 0 aromatic rings. The zero-order valence-corrected chi connectivity index (χ0v) is 11.4. The predicted octanol–water partition coefficient (Wildman–Crippen LogP) is -0.179. The summed E-state index contributed by atoms with van der Waals surface area (Å²) in [5.41, 5.74) is -0.307. The molecule has 1 unspecified atom stereocenters. The van der Waals surface area contributed by atoms with E-state index in [1.54, 1.807) is 7.11 Å². The van der Waals surface area contributed by atoms with Crippen LogP contribution in [0.3, 0.4) is 0 Å². The Morgan fingerprint density at radius 3 is 2.59 bits per heavy atom. The third kappa shape index (κ3) is 4.61. The molecular formula is C12H25N3O2. The molecule has 5 nitrogen and oxygen atoms in total. The minimum Gasteiger partial charge on any atom is -0.377 e. The van der Waals surface area contributed by atoms with E-state index in [0.717, 1.165) is 26.2 Å². The number of ether oxygens (including phenoxy) is 1. The van der Waals surface area contributed by atoms with E-state index in [1.807, 2.05) is 20.8 Å². The third-order valence-electron chi connectivity index (χ3n) is 3.32. The zero-order valence-electron chi connectivity index (χ0n) is 11.4. The Bertz CT molecular complexity index is 250. The van der Waals surface area contributed by atoms with E-state index in [-0.39, 0.29) is 17.6 Å². The number of methoxy groups -OCH3 is 1. The average molecular weight is 243 g/mol. The van der Waals surface area contributed by atoms with Crippen LogP contribution in [0.4, 0.5) is 0 Å². The fourth-order valence-electron chi connectivity index (χ4n) is 1.76. The van der Waals surface area contributed by atoms with Gasteiger partial charge in [0.05, 0.1) is 11.6 Å². The van der Waals surface area contributed by atoms with Gasteiger partial charge in [-0.05, 0) is 20.8 Å². The summed E-state index contributed by atoms with van der Waals surface area (Å²) in [7, 11) is 1.66. The lowest BCUT2D eigenvalue weighted by atomic mass is 10.1. The molecule has 100 valence electrons. The lowest BCUT2D eigenvalue weighted by Crippen LogP contribution is -2.54. The Balaban J connectivity index is 2.36. The Morgan fingerprint density at radius 1 is 1.47 bits per heavy atom. The monoisotopic (exact) mass is 243 g/mol. The summed E-state index contributed by atoms with van der Waals surface area (Å²) in [5.74, 6) is 0.0806. The summed E-state index contributed by atoms with van der Waals surface area (Å²) in [6.45, 7) is 10.2. The number of amides is 1. The second kappa shape index (κ2) is 6.33. The molecule has 1 amide bonds. The van der Waals surface area contributed by atoms with Gasteiger partial charge in [0.2, 0.25) is 5.91 Å². The minimum absolute atomic E-state index is 0.0650. The molecule has 1 saturated heterocycles. The Kier molecular flexibility index (Phi) is 5.36. The minimum atomic E-state index is -0.307. The van der Waals surface area contributed by atoms with Gasteiger partial charge in [0.25, 0.3) is 0 Å². The van der Waals surface area contributed by atoms with Crippen LogP contribution in [0, 0.1) is 0 Å². The second-order valence-electron chi connectivity index (χ2n) is 5.14. The van der Waals surface area contributed by atoms with Gasteiger partial charge in [-0.15, -0.1) is 0 Å². The molecule has 17 heavy (non-hydrogen) atoms. The van der Waals surface area contributed by atoms with Gasteiger partial charge in [-0.3, -0.25) is 9.69 Å². The molecule has 0 saturated carbocycles. The first-order chi connectivity index (χ1) is 7.96. The summed E-state index contributed by atoms with van der Waals surface area (Å²) in [6.07, 6.45) is 0. The fraction of sp³-hybridized carbons (Fsp3) is 0.917. The van der Waals surface area contributed by atoms with E-state index in [4.69, 9.17) is 4.74 Å². The second-order valence-corrected chi connectivity index (χ2v) is 5.14. The number of carbonyl (C=O) groups is 1. The van der Waals surface area contributed by atoms with Gasteiger partial charge in [0.15, 0.2) is 0 Å². The lowest BCUT2D eigenvalue weighted by Gasteiger charge is -2.32. The van der Waals surface area contributed by atoms with Crippen LogP contribution in [-0.4, -0.2) is 62.3 Å². The Morgan fingerprint density at radius 2 is 2.06 bits per heavy atom. The number of rotatable bonds is 5. The van der Waals surface area contributed by atoms with Crippen LogP contribution in [-0.2, 0) is 9.53 Å². The predicted molar refractivity (Wildman–Crippen MR) is 68.0 cm³/mol. The molecule has 0 spiro atoms. The summed E-state index contributed by atoms with van der Waals surface area (Å²) >= 11 is 0. The molecule has 0 aromatic heterocycles. The summed E-state index contributed by atoms with van der Waals surface area (Å²) in [4.78, 5) is 14.2. The van der Waals surface area contributed by atoms with Crippen molar-refractivity contribution in [2.75, 3.05) is 39.8 Å². The molecule has 1 aliphatic heterocycles. The van der Waals surface area contributed by atoms with Crippen molar-refractivity contribution in [3.63, 3.8) is 0 Å². The summed E-state index contributed by atoms with van der Waals surface area (Å²) in [6, 6.07) is -0.0650. The molecule has 2 N–H and O–H groups in total. The summed E-state index contributed by atoms with van der Waals surface area (Å²) < 4.78 is 5.27. The number of nitrogens with one attached hydrogen (secondary N) is 2. The van der Waals surface area contributed by atoms with Crippen molar-refractivity contribution in [1.29, 1.82) is 0 Å². The maximum Gasteiger partial charge on any atom is 0.237 e. The molecule has 0 aromatic carbocycles. The summed E-state index contributed by atoms with van der Waals surface area (Å²) in [5, 5.41) is 6.23. The molecule has 0 radical (unpaired) electrons. The number of hydrogen-bond donors (Lipinski definition) is 2. The van der Waals surface area contributed by atoms with Crippen LogP contribution >= 0.6 is 0 Å². The highest BCUT2D eigenvalue weighted by atomic mass is 16.5. The van der Waals surface area contributed by atoms with Gasteiger partial charge < -0.3 is 15.4 Å². The number of piperazine rings is 1. The number of nitrogens with zero attached hydrogens (tertiary/aromatic N) is 1. The highest BCUT2D eigenvalue weighted by Crippen LogP contribution is 2.06. The normalized spacial score (nSPS) is 20.0. The van der Waals surface area contributed by atoms with Crippen molar-refractivity contribution < 1.29 is 9.53 Å². The van der Waals surface area contributed by atoms with E-state index < -0.39 is 0 Å². The topological polar surface area (TPSA) is 53.6 Å². The molecule has 1 rings (SSSR count). The molecule has 5 heteroatoms. The van der Waals surface area contributed by atoms with Crippen LogP contribution in [0.5, 0.6) is 0 Å². The van der Waals surface area contributed by atoms with E-state index >= 15 is 0 Å². The van der Waals surface area contributed by atoms with Crippen LogP contribution < -0.4 is 10.6 Å². The molecular weight excluding hydrogens is 218 g/mol. The van der Waals surface area contributed by atoms with Crippen molar-refractivity contribution >= 4 is 5.91 Å². The Labute approximate surface area is 104 Å². The maximum absolute atomic E-state index is 12.0. The van der Waals surface area contributed by atoms with Gasteiger partial charge in [-0.2, -0.15) is 0 Å². The molecule has 1 heterocycles. The smallest absolute Gasteiger partial charge is 0.237 e. The molecule has 1 fully saturated rings. The molecule has 0 aliphatic carbocycles. The highest BCUT2D eigenvalue weighted by Gasteiger charge is 2.24. The van der Waals surface area contributed by atoms with Gasteiger partial charge in [-0.25, -0.2) is 0 Å². The SMILES string of the molecule is COC(C)(C)CNC(=O)C(C)N1CCNCC1. The third-order valence-corrected chi connectivity index (χ3v) is 3.32. The average Bonchev–Trinajstić information content (AvgIpc) is 2.36. The van der Waals surface area contributed by atoms with E-state index in [0.29, 0.717) is 6.54 Å². The van der Waals surface area contributed by atoms with Gasteiger partial charge >= 0.3 is 0 Å². The van der Waals surface area contributed by atoms with Crippen LogP contribution in [0.25, 0.3) is 0 Å². The molecule has 1 aliphatic rings. The van der Waals surface area contributed by atoms with E-state index in [1.165, 1.54) is 0 Å². The number of hydrogen-bond acceptors (Lipinski definition) is 4. The standard InChI is InChI=1S/C12H25N3O2/c1-10(15-7-5-13-6-8-15)11(16)14-9-12(2,3)17-4/h10,13H,5-9H2,1-4H3,(H,14,16). The van der Waals surface area contributed by atoms with E-state index in [2.05, 4.69) is 15.5 Å². The van der Waals surface area contributed by atoms with Crippen LogP contribution in [0.2, 0.25) is 0 Å². The van der Waals surface area contributed by atoms with Gasteiger partial charge in [0, 0.05) is 39.8 Å². The van der Waals surface area contributed by atoms with Crippen molar-refractivity contribution in [2.45, 2.75) is 32.4 Å². The zero-order chi connectivity index (χ0) is 12.9. The maximum atomic E-state index is 12.0. The van der Waals surface area contributed by atoms with Crippen molar-refractivity contribution in [2.24, 2.45) is 0 Å². The largest absolute Gasteiger partial charge is 0.377 e. The fourth-order valence-corrected chi connectivity index (χ4v) is 1.76. The van der Waals surface area contributed by atoms with Crippen LogP contribution in [0.15, 0.2) is 0 Å². The van der Waals surface area contributed by atoms with Crippen molar-refractivity contribution in [1.82, 2.24) is 15.5 Å². The first kappa shape index (κ1) is 14.4. The first-order valence-corrected chi connectivity index (χ1v) is 6.24. The quantitative estimate of drug-likeness (QED) is 0.703. The van der Waals surface area contributed by atoms with Gasteiger partial charge in [-0.1, -0.05) is 0 Å². The number of carbonyl (C=O) groups excluding carboxylic acids is 1.